The minimum absolute atomic E-state index is 0.0595. The van der Waals surface area contributed by atoms with Crippen molar-refractivity contribution in [3.8, 4) is 10.6 Å². The lowest BCUT2D eigenvalue weighted by molar-refractivity contribution is -0.143. The molecule has 190 valence electrons. The van der Waals surface area contributed by atoms with Crippen LogP contribution in [0.5, 0.6) is 0 Å². The number of carbonyl (C=O) groups is 1. The summed E-state index contributed by atoms with van der Waals surface area (Å²) in [6.07, 6.45) is 1.49. The van der Waals surface area contributed by atoms with Crippen molar-refractivity contribution >= 4 is 17.3 Å². The number of rotatable bonds is 5. The van der Waals surface area contributed by atoms with Gasteiger partial charge in [0.15, 0.2) is 0 Å². The van der Waals surface area contributed by atoms with Crippen molar-refractivity contribution in [3.63, 3.8) is 0 Å². The Hall–Kier alpha value is -2.69. The molecule has 0 atom stereocenters. The molecule has 35 heavy (non-hydrogen) atoms. The second kappa shape index (κ2) is 10.9. The fourth-order valence-electron chi connectivity index (χ4n) is 4.22. The van der Waals surface area contributed by atoms with Gasteiger partial charge in [0.1, 0.15) is 16.3 Å². The fourth-order valence-corrected chi connectivity index (χ4v) is 5.02. The summed E-state index contributed by atoms with van der Waals surface area (Å²) in [6.45, 7) is 0. The summed E-state index contributed by atoms with van der Waals surface area (Å²) in [4.78, 5) is 13.3. The molecule has 10 heteroatoms. The van der Waals surface area contributed by atoms with Gasteiger partial charge in [0, 0.05) is 7.05 Å². The van der Waals surface area contributed by atoms with Gasteiger partial charge in [0.2, 0.25) is 0 Å². The van der Waals surface area contributed by atoms with Gasteiger partial charge in [0.25, 0.3) is 0 Å². The number of hydrogen-bond acceptors (Lipinski definition) is 5. The predicted octanol–water partition coefficient (Wildman–Crippen LogP) is 5.50. The maximum Gasteiger partial charge on any atom is 0.433 e. The lowest BCUT2D eigenvalue weighted by Crippen LogP contribution is -2.54. The number of nitrogens with zero attached hydrogens (tertiary/aromatic N) is 3. The molecule has 0 spiro atoms. The van der Waals surface area contributed by atoms with Crippen molar-refractivity contribution in [2.75, 3.05) is 14.1 Å². The highest BCUT2D eigenvalue weighted by molar-refractivity contribution is 7.17. The van der Waals surface area contributed by atoms with Crippen molar-refractivity contribution in [1.82, 2.24) is 14.7 Å². The Kier molecular flexibility index (Phi) is 8.40. The maximum absolute atomic E-state index is 12.6. The number of carboxylic acid groups (broad SMARTS) is 1. The van der Waals surface area contributed by atoms with E-state index in [2.05, 4.69) is 54.4 Å². The van der Waals surface area contributed by atoms with Gasteiger partial charge in [-0.3, -0.25) is 9.58 Å². The number of halogens is 3. The summed E-state index contributed by atoms with van der Waals surface area (Å²) in [5, 5.41) is 12.5. The summed E-state index contributed by atoms with van der Waals surface area (Å²) in [7, 11) is 5.38. The largest absolute Gasteiger partial charge is 0.477 e. The topological polar surface area (TPSA) is 84.4 Å². The molecule has 4 rings (SSSR count). The molecular weight excluding hydrogens is 477 g/mol. The average molecular weight is 509 g/mol. The van der Waals surface area contributed by atoms with Crippen LogP contribution in [0.25, 0.3) is 10.6 Å². The van der Waals surface area contributed by atoms with Crippen molar-refractivity contribution in [1.29, 1.82) is 0 Å². The van der Waals surface area contributed by atoms with Crippen molar-refractivity contribution in [2.24, 2.45) is 18.7 Å². The quantitative estimate of drug-likeness (QED) is 0.445. The van der Waals surface area contributed by atoms with E-state index in [1.165, 1.54) is 44.0 Å². The van der Waals surface area contributed by atoms with Gasteiger partial charge in [0.05, 0.1) is 10.5 Å². The Bertz CT molecular complexity index is 1120. The van der Waals surface area contributed by atoms with Crippen LogP contribution in [0.3, 0.4) is 0 Å². The summed E-state index contributed by atoms with van der Waals surface area (Å²) < 4.78 is 38.4. The molecule has 1 aromatic carbocycles. The third-order valence-electron chi connectivity index (χ3n) is 6.47. The SMILES string of the molecule is CN(C)C1(N)CCC(Cc2ccccc2)CC1.Cn1nc(-c2ccc(C(=O)O)s2)cc1C(F)(F)F. The smallest absolute Gasteiger partial charge is 0.433 e. The van der Waals surface area contributed by atoms with Crippen LogP contribution in [-0.4, -0.2) is 45.5 Å². The highest BCUT2D eigenvalue weighted by Crippen LogP contribution is 2.35. The van der Waals surface area contributed by atoms with E-state index in [1.807, 2.05) is 0 Å². The van der Waals surface area contributed by atoms with Crippen LogP contribution in [0, 0.1) is 5.92 Å². The second-order valence-electron chi connectivity index (χ2n) is 9.14. The molecule has 0 saturated heterocycles. The molecule has 1 aliphatic carbocycles. The number of aryl methyl sites for hydroxylation is 1. The third kappa shape index (κ3) is 6.93. The minimum atomic E-state index is -4.48. The van der Waals surface area contributed by atoms with Gasteiger partial charge in [-0.2, -0.15) is 18.3 Å². The van der Waals surface area contributed by atoms with E-state index in [9.17, 15) is 18.0 Å². The number of benzene rings is 1. The van der Waals surface area contributed by atoms with Gasteiger partial charge >= 0.3 is 12.1 Å². The Balaban J connectivity index is 0.000000196. The summed E-state index contributed by atoms with van der Waals surface area (Å²) in [5.41, 5.74) is 7.03. The number of hydrogen-bond donors (Lipinski definition) is 2. The van der Waals surface area contributed by atoms with Crippen LogP contribution in [0.15, 0.2) is 48.5 Å². The first-order valence-electron chi connectivity index (χ1n) is 11.3. The number of carboxylic acids is 1. The van der Waals surface area contributed by atoms with Crippen LogP contribution in [0.4, 0.5) is 13.2 Å². The molecule has 6 nitrogen and oxygen atoms in total. The molecule has 3 N–H and O–H groups in total. The van der Waals surface area contributed by atoms with Gasteiger partial charge in [-0.05, 0) is 75.9 Å². The van der Waals surface area contributed by atoms with E-state index in [-0.39, 0.29) is 16.2 Å². The lowest BCUT2D eigenvalue weighted by atomic mass is 9.79. The number of aromatic nitrogens is 2. The first kappa shape index (κ1) is 26.9. The summed E-state index contributed by atoms with van der Waals surface area (Å²) in [5.74, 6) is -0.299. The fraction of sp³-hybridized carbons (Fsp3) is 0.440. The molecule has 0 amide bonds. The number of nitrogens with two attached hydrogens (primary N) is 1. The van der Waals surface area contributed by atoms with Crippen LogP contribution in [0.2, 0.25) is 0 Å². The van der Waals surface area contributed by atoms with Crippen LogP contribution < -0.4 is 5.73 Å². The van der Waals surface area contributed by atoms with Crippen molar-refractivity contribution in [3.05, 3.63) is 64.7 Å². The Morgan fingerprint density at radius 3 is 2.31 bits per heavy atom. The lowest BCUT2D eigenvalue weighted by Gasteiger charge is -2.42. The summed E-state index contributed by atoms with van der Waals surface area (Å²) >= 11 is 0.884. The van der Waals surface area contributed by atoms with Crippen LogP contribution in [0.1, 0.15) is 46.6 Å². The number of aromatic carboxylic acids is 1. The van der Waals surface area contributed by atoms with E-state index in [0.29, 0.717) is 4.88 Å². The number of alkyl halides is 3. The first-order chi connectivity index (χ1) is 16.4. The molecule has 0 radical (unpaired) electrons. The van der Waals surface area contributed by atoms with Gasteiger partial charge < -0.3 is 10.8 Å². The van der Waals surface area contributed by atoms with Gasteiger partial charge in [-0.1, -0.05) is 30.3 Å². The molecule has 0 unspecified atom stereocenters. The van der Waals surface area contributed by atoms with Crippen LogP contribution >= 0.6 is 11.3 Å². The van der Waals surface area contributed by atoms with E-state index in [1.54, 1.807) is 0 Å². The van der Waals surface area contributed by atoms with Gasteiger partial charge in [-0.25, -0.2) is 4.79 Å². The molecule has 0 aliphatic heterocycles. The normalized spacial score (nSPS) is 20.4. The Labute approximate surface area is 207 Å². The summed E-state index contributed by atoms with van der Waals surface area (Å²) in [6, 6.07) is 14.5. The van der Waals surface area contributed by atoms with E-state index in [0.717, 1.165) is 40.8 Å². The molecule has 0 bridgehead atoms. The predicted molar refractivity (Wildman–Crippen MR) is 131 cm³/mol. The molecule has 2 heterocycles. The van der Waals surface area contributed by atoms with Gasteiger partial charge in [-0.15, -0.1) is 11.3 Å². The monoisotopic (exact) mass is 508 g/mol. The third-order valence-corrected chi connectivity index (χ3v) is 7.56. The zero-order valence-corrected chi connectivity index (χ0v) is 20.9. The zero-order chi connectivity index (χ0) is 25.8. The number of thiophene rings is 1. The Morgan fingerprint density at radius 2 is 1.83 bits per heavy atom. The highest BCUT2D eigenvalue weighted by atomic mass is 32.1. The van der Waals surface area contributed by atoms with E-state index >= 15 is 0 Å². The zero-order valence-electron chi connectivity index (χ0n) is 20.0. The van der Waals surface area contributed by atoms with E-state index < -0.39 is 17.8 Å². The molecule has 3 aromatic rings. The van der Waals surface area contributed by atoms with E-state index in [4.69, 9.17) is 10.8 Å². The Morgan fingerprint density at radius 1 is 1.20 bits per heavy atom. The molecule has 1 saturated carbocycles. The molecular formula is C25H31F3N4O2S. The molecule has 1 aliphatic rings. The maximum atomic E-state index is 12.6. The van der Waals surface area contributed by atoms with Crippen molar-refractivity contribution < 1.29 is 23.1 Å². The van der Waals surface area contributed by atoms with Crippen molar-refractivity contribution in [2.45, 2.75) is 43.9 Å². The minimum Gasteiger partial charge on any atom is -0.477 e. The second-order valence-corrected chi connectivity index (χ2v) is 10.2. The molecule has 2 aromatic heterocycles. The first-order valence-corrected chi connectivity index (χ1v) is 12.2. The molecule has 1 fully saturated rings. The highest BCUT2D eigenvalue weighted by Gasteiger charge is 2.35. The standard InChI is InChI=1S/C15H24N2.C10H7F3N2O2S/c1-17(2)15(16)10-8-14(9-11-15)12-13-6-4-3-5-7-13;1-15-8(10(11,12)13)4-5(14-15)6-2-3-7(18-6)9(16)17/h3-7,14H,8-12,16H2,1-2H3;2-4H,1H3,(H,16,17). The average Bonchev–Trinajstić information content (AvgIpc) is 3.43. The van der Waals surface area contributed by atoms with Crippen LogP contribution in [-0.2, 0) is 19.6 Å².